The monoisotopic (exact) mass is 465 g/mol. The van der Waals surface area contributed by atoms with Gasteiger partial charge in [0, 0.05) is 11.6 Å². The second-order valence-electron chi connectivity index (χ2n) is 6.88. The summed E-state index contributed by atoms with van der Waals surface area (Å²) in [4.78, 5) is 12.7. The molecule has 0 saturated heterocycles. The number of rotatable bonds is 4. The van der Waals surface area contributed by atoms with Gasteiger partial charge in [-0.1, -0.05) is 6.07 Å². The highest BCUT2D eigenvalue weighted by molar-refractivity contribution is 6.04. The number of hydrogen-bond acceptors (Lipinski definition) is 3. The number of furan rings is 1. The molecular formula is C22H13F6N3O2. The number of hydrogen-bond donors (Lipinski definition) is 1. The maximum atomic E-state index is 13.0. The van der Waals surface area contributed by atoms with Crippen LogP contribution in [0.1, 0.15) is 21.5 Å². The molecule has 2 aromatic carbocycles. The van der Waals surface area contributed by atoms with Gasteiger partial charge in [0.05, 0.1) is 23.1 Å². The second-order valence-corrected chi connectivity index (χ2v) is 6.88. The summed E-state index contributed by atoms with van der Waals surface area (Å²) in [5.41, 5.74) is -1.70. The summed E-state index contributed by atoms with van der Waals surface area (Å²) in [6.45, 7) is 0. The number of carbonyl (C=O) groups is 1. The van der Waals surface area contributed by atoms with Gasteiger partial charge in [-0.15, -0.1) is 0 Å². The minimum atomic E-state index is -4.63. The van der Waals surface area contributed by atoms with E-state index in [9.17, 15) is 31.1 Å². The summed E-state index contributed by atoms with van der Waals surface area (Å²) in [6.07, 6.45) is -7.79. The van der Waals surface area contributed by atoms with Crippen LogP contribution in [-0.4, -0.2) is 15.7 Å². The lowest BCUT2D eigenvalue weighted by atomic mass is 10.1. The number of halogens is 6. The van der Waals surface area contributed by atoms with Crippen molar-refractivity contribution < 1.29 is 35.6 Å². The molecule has 0 radical (unpaired) electrons. The van der Waals surface area contributed by atoms with Gasteiger partial charge in [0.2, 0.25) is 0 Å². The quantitative estimate of drug-likeness (QED) is 0.354. The minimum absolute atomic E-state index is 0.0172. The van der Waals surface area contributed by atoms with Crippen LogP contribution in [0.2, 0.25) is 0 Å². The number of aromatic nitrogens is 2. The van der Waals surface area contributed by atoms with Crippen molar-refractivity contribution in [2.75, 3.05) is 5.32 Å². The first-order valence-corrected chi connectivity index (χ1v) is 9.32. The fourth-order valence-corrected chi connectivity index (χ4v) is 3.03. The average Bonchev–Trinajstić information content (AvgIpc) is 3.43. The SMILES string of the molecule is O=C(Nc1cc(-c2ccco2)nn1-c1ccc(C(F)(F)F)cc1)c1cccc(C(F)(F)F)c1. The highest BCUT2D eigenvalue weighted by Crippen LogP contribution is 2.32. The molecule has 4 rings (SSSR count). The predicted octanol–water partition coefficient (Wildman–Crippen LogP) is 6.42. The molecular weight excluding hydrogens is 452 g/mol. The van der Waals surface area contributed by atoms with E-state index in [1.807, 2.05) is 0 Å². The van der Waals surface area contributed by atoms with Crippen LogP contribution < -0.4 is 5.32 Å². The first-order valence-electron chi connectivity index (χ1n) is 9.32. The number of benzene rings is 2. The van der Waals surface area contributed by atoms with Crippen LogP contribution in [0, 0.1) is 0 Å². The van der Waals surface area contributed by atoms with Crippen molar-refractivity contribution in [3.8, 4) is 17.1 Å². The zero-order valence-corrected chi connectivity index (χ0v) is 16.4. The van der Waals surface area contributed by atoms with Crippen molar-refractivity contribution in [1.82, 2.24) is 9.78 Å². The van der Waals surface area contributed by atoms with Crippen molar-refractivity contribution in [2.24, 2.45) is 0 Å². The summed E-state index contributed by atoms with van der Waals surface area (Å²) in [6, 6.07) is 12.4. The Hall–Kier alpha value is -4.02. The zero-order chi connectivity index (χ0) is 23.8. The fraction of sp³-hybridized carbons (Fsp3) is 0.0909. The van der Waals surface area contributed by atoms with Gasteiger partial charge < -0.3 is 9.73 Å². The van der Waals surface area contributed by atoms with Crippen molar-refractivity contribution >= 4 is 11.7 Å². The lowest BCUT2D eigenvalue weighted by molar-refractivity contribution is -0.138. The first kappa shape index (κ1) is 22.2. The van der Waals surface area contributed by atoms with Crippen LogP contribution in [0.4, 0.5) is 32.2 Å². The topological polar surface area (TPSA) is 60.1 Å². The van der Waals surface area contributed by atoms with Crippen LogP contribution in [0.3, 0.4) is 0 Å². The summed E-state index contributed by atoms with van der Waals surface area (Å²) in [5.74, 6) is -0.529. The van der Waals surface area contributed by atoms with Crippen LogP contribution in [0.15, 0.2) is 77.4 Å². The van der Waals surface area contributed by atoms with Crippen LogP contribution in [-0.2, 0) is 12.4 Å². The molecule has 4 aromatic rings. The average molecular weight is 465 g/mol. The Morgan fingerprint density at radius 3 is 2.15 bits per heavy atom. The van der Waals surface area contributed by atoms with Crippen molar-refractivity contribution in [1.29, 1.82) is 0 Å². The molecule has 33 heavy (non-hydrogen) atoms. The molecule has 1 N–H and O–H groups in total. The molecule has 0 spiro atoms. The molecule has 0 aliphatic carbocycles. The largest absolute Gasteiger partial charge is 0.463 e. The van der Waals surface area contributed by atoms with E-state index >= 15 is 0 Å². The minimum Gasteiger partial charge on any atom is -0.463 e. The molecule has 0 bridgehead atoms. The van der Waals surface area contributed by atoms with Crippen LogP contribution in [0.5, 0.6) is 0 Å². The van der Waals surface area contributed by atoms with E-state index in [1.54, 1.807) is 12.1 Å². The van der Waals surface area contributed by atoms with E-state index in [0.717, 1.165) is 41.1 Å². The first-order chi connectivity index (χ1) is 15.5. The summed E-state index contributed by atoms with van der Waals surface area (Å²) >= 11 is 0. The molecule has 2 aromatic heterocycles. The van der Waals surface area contributed by atoms with E-state index in [1.165, 1.54) is 18.4 Å². The van der Waals surface area contributed by atoms with Crippen molar-refractivity contribution in [3.63, 3.8) is 0 Å². The highest BCUT2D eigenvalue weighted by atomic mass is 19.4. The molecule has 1 amide bonds. The maximum absolute atomic E-state index is 13.0. The standard InChI is InChI=1S/C22H13F6N3O2/c23-21(24,25)14-6-8-16(9-7-14)31-19(12-17(30-31)18-5-2-10-33-18)29-20(32)13-3-1-4-15(11-13)22(26,27)28/h1-12H,(H,29,32). The van der Waals surface area contributed by atoms with E-state index in [2.05, 4.69) is 10.4 Å². The molecule has 0 aliphatic heterocycles. The molecule has 0 fully saturated rings. The smallest absolute Gasteiger partial charge is 0.416 e. The Kier molecular flexibility index (Phi) is 5.48. The number of carbonyl (C=O) groups excluding carboxylic acids is 1. The molecule has 5 nitrogen and oxygen atoms in total. The van der Waals surface area contributed by atoms with E-state index in [0.29, 0.717) is 11.8 Å². The molecule has 0 saturated carbocycles. The molecule has 2 heterocycles. The summed E-state index contributed by atoms with van der Waals surface area (Å²) < 4.78 is 84.1. The Morgan fingerprint density at radius 1 is 0.848 bits per heavy atom. The second kappa shape index (κ2) is 8.15. The fourth-order valence-electron chi connectivity index (χ4n) is 3.03. The molecule has 170 valence electrons. The summed E-state index contributed by atoms with van der Waals surface area (Å²) in [5, 5.41) is 6.73. The van der Waals surface area contributed by atoms with Gasteiger partial charge in [0.1, 0.15) is 11.5 Å². The number of alkyl halides is 6. The van der Waals surface area contributed by atoms with Gasteiger partial charge in [-0.05, 0) is 54.6 Å². The third kappa shape index (κ3) is 4.76. The van der Waals surface area contributed by atoms with E-state index < -0.39 is 29.4 Å². The van der Waals surface area contributed by atoms with E-state index in [4.69, 9.17) is 4.42 Å². The Labute approximate surface area is 182 Å². The van der Waals surface area contributed by atoms with Gasteiger partial charge in [-0.2, -0.15) is 31.4 Å². The van der Waals surface area contributed by atoms with Crippen LogP contribution >= 0.6 is 0 Å². The Morgan fingerprint density at radius 2 is 1.55 bits per heavy atom. The number of anilines is 1. The van der Waals surface area contributed by atoms with E-state index in [-0.39, 0.29) is 22.8 Å². The third-order valence-corrected chi connectivity index (χ3v) is 4.62. The van der Waals surface area contributed by atoms with Gasteiger partial charge in [-0.25, -0.2) is 4.68 Å². The number of amides is 1. The molecule has 0 atom stereocenters. The normalized spacial score (nSPS) is 12.1. The highest BCUT2D eigenvalue weighted by Gasteiger charge is 2.31. The third-order valence-electron chi connectivity index (χ3n) is 4.62. The molecule has 0 aliphatic rings. The van der Waals surface area contributed by atoms with Gasteiger partial charge in [-0.3, -0.25) is 4.79 Å². The lowest BCUT2D eigenvalue weighted by Gasteiger charge is -2.12. The Balaban J connectivity index is 1.71. The predicted molar refractivity (Wildman–Crippen MR) is 106 cm³/mol. The van der Waals surface area contributed by atoms with Gasteiger partial charge >= 0.3 is 12.4 Å². The number of nitrogens with one attached hydrogen (secondary N) is 1. The zero-order valence-electron chi connectivity index (χ0n) is 16.4. The Bertz CT molecular complexity index is 1270. The van der Waals surface area contributed by atoms with Crippen molar-refractivity contribution in [2.45, 2.75) is 12.4 Å². The van der Waals surface area contributed by atoms with Crippen molar-refractivity contribution in [3.05, 3.63) is 89.7 Å². The summed E-state index contributed by atoms with van der Waals surface area (Å²) in [7, 11) is 0. The molecule has 11 heteroatoms. The van der Waals surface area contributed by atoms with Gasteiger partial charge in [0.15, 0.2) is 5.76 Å². The van der Waals surface area contributed by atoms with Gasteiger partial charge in [0.25, 0.3) is 5.91 Å². The van der Waals surface area contributed by atoms with Crippen LogP contribution in [0.25, 0.3) is 17.1 Å². The lowest BCUT2D eigenvalue weighted by Crippen LogP contribution is -2.16. The number of nitrogens with zero attached hydrogens (tertiary/aromatic N) is 2. The molecule has 0 unspecified atom stereocenters. The maximum Gasteiger partial charge on any atom is 0.416 e.